The van der Waals surface area contributed by atoms with Crippen molar-refractivity contribution >= 4 is 16.7 Å². The topological polar surface area (TPSA) is 29.9 Å². The number of hydrogen-bond acceptors (Lipinski definition) is 2. The normalized spacial score (nSPS) is 12.6. The highest BCUT2D eigenvalue weighted by atomic mass is 15.1. The molecule has 0 amide bonds. The molecule has 1 heterocycles. The maximum atomic E-state index is 4.73. The van der Waals surface area contributed by atoms with E-state index in [4.69, 9.17) is 4.98 Å². The number of benzene rings is 2. The number of imidazole rings is 1. The van der Waals surface area contributed by atoms with Gasteiger partial charge in [-0.15, -0.1) is 0 Å². The average molecular weight is 265 g/mol. The van der Waals surface area contributed by atoms with E-state index in [1.165, 1.54) is 11.1 Å². The molecule has 1 N–H and O–H groups in total. The number of aromatic nitrogens is 2. The molecule has 1 unspecified atom stereocenters. The maximum absolute atomic E-state index is 4.73. The summed E-state index contributed by atoms with van der Waals surface area (Å²) >= 11 is 0. The van der Waals surface area contributed by atoms with Crippen LogP contribution in [0.1, 0.15) is 24.4 Å². The Morgan fingerprint density at radius 2 is 1.75 bits per heavy atom. The van der Waals surface area contributed by atoms with Crippen molar-refractivity contribution in [2.45, 2.75) is 19.9 Å². The van der Waals surface area contributed by atoms with Gasteiger partial charge in [-0.2, -0.15) is 0 Å². The van der Waals surface area contributed by atoms with Gasteiger partial charge in [-0.25, -0.2) is 4.98 Å². The average Bonchev–Trinajstić information content (AvgIpc) is 2.79. The van der Waals surface area contributed by atoms with Crippen LogP contribution in [0.5, 0.6) is 0 Å². The SMILES string of the molecule is Cc1ccc(NC(C)c2nc3ccccc3n2C)cc1. The fourth-order valence-corrected chi connectivity index (χ4v) is 2.52. The van der Waals surface area contributed by atoms with Crippen LogP contribution in [-0.2, 0) is 7.05 Å². The number of hydrogen-bond donors (Lipinski definition) is 1. The van der Waals surface area contributed by atoms with Crippen LogP contribution in [0.2, 0.25) is 0 Å². The van der Waals surface area contributed by atoms with Crippen molar-refractivity contribution < 1.29 is 0 Å². The van der Waals surface area contributed by atoms with E-state index in [0.29, 0.717) is 0 Å². The molecular formula is C17H19N3. The standard InChI is InChI=1S/C17H19N3/c1-12-8-10-14(11-9-12)18-13(2)17-19-15-6-4-5-7-16(15)20(17)3/h4-11,13,18H,1-3H3. The highest BCUT2D eigenvalue weighted by molar-refractivity contribution is 5.76. The molecule has 0 saturated heterocycles. The minimum atomic E-state index is 0.162. The molecule has 3 nitrogen and oxygen atoms in total. The van der Waals surface area contributed by atoms with Gasteiger partial charge in [0.15, 0.2) is 0 Å². The molecule has 102 valence electrons. The van der Waals surface area contributed by atoms with Gasteiger partial charge >= 0.3 is 0 Å². The van der Waals surface area contributed by atoms with E-state index >= 15 is 0 Å². The molecule has 0 bridgehead atoms. The van der Waals surface area contributed by atoms with Crippen LogP contribution in [0.25, 0.3) is 11.0 Å². The molecule has 3 heteroatoms. The highest BCUT2D eigenvalue weighted by Crippen LogP contribution is 2.22. The molecule has 0 aliphatic heterocycles. The van der Waals surface area contributed by atoms with Crippen LogP contribution in [0.4, 0.5) is 5.69 Å². The summed E-state index contributed by atoms with van der Waals surface area (Å²) in [4.78, 5) is 4.73. The molecule has 1 aromatic heterocycles. The lowest BCUT2D eigenvalue weighted by molar-refractivity contribution is 0.734. The van der Waals surface area contributed by atoms with E-state index in [0.717, 1.165) is 17.0 Å². The molecule has 0 aliphatic rings. The van der Waals surface area contributed by atoms with Gasteiger partial charge in [0.2, 0.25) is 0 Å². The maximum Gasteiger partial charge on any atom is 0.131 e. The summed E-state index contributed by atoms with van der Waals surface area (Å²) < 4.78 is 2.15. The van der Waals surface area contributed by atoms with Crippen LogP contribution in [-0.4, -0.2) is 9.55 Å². The second-order valence-electron chi connectivity index (χ2n) is 5.25. The summed E-state index contributed by atoms with van der Waals surface area (Å²) in [6.07, 6.45) is 0. The number of nitrogens with zero attached hydrogens (tertiary/aromatic N) is 2. The van der Waals surface area contributed by atoms with Gasteiger partial charge in [0.1, 0.15) is 5.82 Å². The van der Waals surface area contributed by atoms with Crippen LogP contribution in [0.3, 0.4) is 0 Å². The Bertz CT molecular complexity index is 726. The summed E-state index contributed by atoms with van der Waals surface area (Å²) in [5, 5.41) is 3.50. The van der Waals surface area contributed by atoms with Gasteiger partial charge in [-0.3, -0.25) is 0 Å². The van der Waals surface area contributed by atoms with Gasteiger partial charge in [0.25, 0.3) is 0 Å². The Balaban J connectivity index is 1.90. The van der Waals surface area contributed by atoms with Crippen LogP contribution in [0.15, 0.2) is 48.5 Å². The van der Waals surface area contributed by atoms with Crippen molar-refractivity contribution in [2.75, 3.05) is 5.32 Å². The lowest BCUT2D eigenvalue weighted by Gasteiger charge is -2.15. The lowest BCUT2D eigenvalue weighted by atomic mass is 10.2. The number of para-hydroxylation sites is 2. The Kier molecular flexibility index (Phi) is 3.18. The molecule has 0 aliphatic carbocycles. The van der Waals surface area contributed by atoms with Crippen molar-refractivity contribution in [2.24, 2.45) is 7.05 Å². The summed E-state index contributed by atoms with van der Waals surface area (Å²) in [6, 6.07) is 16.8. The molecule has 3 aromatic rings. The number of nitrogens with one attached hydrogen (secondary N) is 1. The number of anilines is 1. The Hall–Kier alpha value is -2.29. The molecule has 0 fully saturated rings. The second-order valence-corrected chi connectivity index (χ2v) is 5.25. The van der Waals surface area contributed by atoms with Crippen molar-refractivity contribution in [3.63, 3.8) is 0 Å². The zero-order valence-corrected chi connectivity index (χ0v) is 12.1. The molecule has 2 aromatic carbocycles. The monoisotopic (exact) mass is 265 g/mol. The lowest BCUT2D eigenvalue weighted by Crippen LogP contribution is -2.11. The summed E-state index contributed by atoms with van der Waals surface area (Å²) in [7, 11) is 2.07. The van der Waals surface area contributed by atoms with Crippen LogP contribution < -0.4 is 5.32 Å². The Morgan fingerprint density at radius 3 is 2.45 bits per heavy atom. The van der Waals surface area contributed by atoms with Crippen molar-refractivity contribution in [3.8, 4) is 0 Å². The third kappa shape index (κ3) is 2.27. The molecular weight excluding hydrogens is 246 g/mol. The number of aryl methyl sites for hydroxylation is 2. The van der Waals surface area contributed by atoms with Crippen LogP contribution in [0, 0.1) is 6.92 Å². The third-order valence-corrected chi connectivity index (χ3v) is 3.64. The van der Waals surface area contributed by atoms with Crippen molar-refractivity contribution in [3.05, 3.63) is 59.9 Å². The minimum absolute atomic E-state index is 0.162. The van der Waals surface area contributed by atoms with Crippen molar-refractivity contribution in [1.29, 1.82) is 0 Å². The molecule has 20 heavy (non-hydrogen) atoms. The first kappa shape index (κ1) is 12.7. The Morgan fingerprint density at radius 1 is 1.05 bits per heavy atom. The quantitative estimate of drug-likeness (QED) is 0.774. The molecule has 3 rings (SSSR count). The van der Waals surface area contributed by atoms with Gasteiger partial charge in [0.05, 0.1) is 17.1 Å². The summed E-state index contributed by atoms with van der Waals surface area (Å²) in [6.45, 7) is 4.24. The van der Waals surface area contributed by atoms with E-state index in [-0.39, 0.29) is 6.04 Å². The molecule has 1 atom stereocenters. The van der Waals surface area contributed by atoms with E-state index in [9.17, 15) is 0 Å². The summed E-state index contributed by atoms with van der Waals surface area (Å²) in [5.74, 6) is 1.05. The Labute approximate surface area is 119 Å². The molecule has 0 radical (unpaired) electrons. The predicted octanol–water partition coefficient (Wildman–Crippen LogP) is 4.05. The highest BCUT2D eigenvalue weighted by Gasteiger charge is 2.13. The molecule has 0 spiro atoms. The van der Waals surface area contributed by atoms with Gasteiger partial charge < -0.3 is 9.88 Å². The van der Waals surface area contributed by atoms with Gasteiger partial charge in [-0.05, 0) is 38.1 Å². The van der Waals surface area contributed by atoms with Crippen LogP contribution >= 0.6 is 0 Å². The first-order chi connectivity index (χ1) is 9.65. The van der Waals surface area contributed by atoms with Gasteiger partial charge in [-0.1, -0.05) is 29.8 Å². The van der Waals surface area contributed by atoms with E-state index in [1.807, 2.05) is 12.1 Å². The third-order valence-electron chi connectivity index (χ3n) is 3.64. The largest absolute Gasteiger partial charge is 0.375 e. The first-order valence-corrected chi connectivity index (χ1v) is 6.90. The fraction of sp³-hybridized carbons (Fsp3) is 0.235. The smallest absolute Gasteiger partial charge is 0.131 e. The van der Waals surface area contributed by atoms with Gasteiger partial charge in [0, 0.05) is 12.7 Å². The van der Waals surface area contributed by atoms with Crippen molar-refractivity contribution in [1.82, 2.24) is 9.55 Å². The fourth-order valence-electron chi connectivity index (χ4n) is 2.52. The number of rotatable bonds is 3. The zero-order valence-electron chi connectivity index (χ0n) is 12.1. The molecule has 0 saturated carbocycles. The number of fused-ring (bicyclic) bond motifs is 1. The van der Waals surface area contributed by atoms with E-state index < -0.39 is 0 Å². The second kappa shape index (κ2) is 5.00. The first-order valence-electron chi connectivity index (χ1n) is 6.90. The predicted molar refractivity (Wildman–Crippen MR) is 83.9 cm³/mol. The van der Waals surface area contributed by atoms with E-state index in [2.05, 4.69) is 67.2 Å². The zero-order chi connectivity index (χ0) is 14.1. The minimum Gasteiger partial charge on any atom is -0.375 e. The summed E-state index contributed by atoms with van der Waals surface area (Å²) in [5.41, 5.74) is 4.60. The van der Waals surface area contributed by atoms with E-state index in [1.54, 1.807) is 0 Å².